The third kappa shape index (κ3) is 3.08. The predicted molar refractivity (Wildman–Crippen MR) is 73.3 cm³/mol. The summed E-state index contributed by atoms with van der Waals surface area (Å²) in [6.45, 7) is 1.78. The number of carbonyl (C=O) groups is 1. The number of hydrogen-bond acceptors (Lipinski definition) is 3. The maximum absolute atomic E-state index is 13.6. The number of anilines is 2. The zero-order valence-electron chi connectivity index (χ0n) is 10.4. The summed E-state index contributed by atoms with van der Waals surface area (Å²) in [5, 5.41) is 2.53. The normalized spacial score (nSPS) is 10.1. The summed E-state index contributed by atoms with van der Waals surface area (Å²) in [5.74, 6) is 4.41. The van der Waals surface area contributed by atoms with Gasteiger partial charge in [0, 0.05) is 11.3 Å². The van der Waals surface area contributed by atoms with Crippen molar-refractivity contribution in [2.75, 3.05) is 10.7 Å². The highest BCUT2D eigenvalue weighted by Gasteiger charge is 2.09. The molecule has 0 atom stereocenters. The van der Waals surface area contributed by atoms with E-state index in [4.69, 9.17) is 5.84 Å². The maximum Gasteiger partial charge on any atom is 0.255 e. The molecule has 19 heavy (non-hydrogen) atoms. The summed E-state index contributed by atoms with van der Waals surface area (Å²) in [7, 11) is 0. The number of nitrogen functional groups attached to an aromatic ring is 1. The molecule has 0 saturated heterocycles. The molecule has 0 aromatic heterocycles. The fourth-order valence-corrected chi connectivity index (χ4v) is 1.63. The fourth-order valence-electron chi connectivity index (χ4n) is 1.63. The van der Waals surface area contributed by atoms with Crippen LogP contribution in [0.3, 0.4) is 0 Å². The highest BCUT2D eigenvalue weighted by atomic mass is 19.1. The quantitative estimate of drug-likeness (QED) is 0.586. The van der Waals surface area contributed by atoms with Crippen LogP contribution in [0.15, 0.2) is 42.5 Å². The first-order valence-electron chi connectivity index (χ1n) is 5.74. The van der Waals surface area contributed by atoms with Gasteiger partial charge in [-0.2, -0.15) is 0 Å². The van der Waals surface area contributed by atoms with Gasteiger partial charge in [-0.25, -0.2) is 4.39 Å². The summed E-state index contributed by atoms with van der Waals surface area (Å²) in [4.78, 5) is 11.9. The van der Waals surface area contributed by atoms with E-state index in [0.29, 0.717) is 11.3 Å². The molecule has 0 bridgehead atoms. The number of halogens is 1. The molecule has 0 saturated carbocycles. The Morgan fingerprint density at radius 2 is 1.84 bits per heavy atom. The molecule has 0 unspecified atom stereocenters. The molecule has 0 aliphatic carbocycles. The molecule has 0 aliphatic heterocycles. The van der Waals surface area contributed by atoms with Crippen LogP contribution in [0, 0.1) is 12.7 Å². The van der Waals surface area contributed by atoms with Gasteiger partial charge >= 0.3 is 0 Å². The van der Waals surface area contributed by atoms with Crippen molar-refractivity contribution >= 4 is 17.3 Å². The lowest BCUT2D eigenvalue weighted by Gasteiger charge is -2.07. The monoisotopic (exact) mass is 259 g/mol. The van der Waals surface area contributed by atoms with E-state index in [1.165, 1.54) is 6.07 Å². The molecule has 0 spiro atoms. The number of hydrazine groups is 1. The molecule has 2 aromatic rings. The summed E-state index contributed by atoms with van der Waals surface area (Å²) in [6, 6.07) is 11.2. The van der Waals surface area contributed by atoms with Crippen molar-refractivity contribution in [1.82, 2.24) is 0 Å². The molecule has 5 heteroatoms. The average Bonchev–Trinajstić information content (AvgIpc) is 2.42. The van der Waals surface area contributed by atoms with Crippen LogP contribution in [0.2, 0.25) is 0 Å². The Morgan fingerprint density at radius 1 is 1.16 bits per heavy atom. The van der Waals surface area contributed by atoms with Crippen molar-refractivity contribution in [3.63, 3.8) is 0 Å². The van der Waals surface area contributed by atoms with Gasteiger partial charge in [-0.3, -0.25) is 10.6 Å². The molecule has 4 nitrogen and oxygen atoms in total. The van der Waals surface area contributed by atoms with Gasteiger partial charge in [0.2, 0.25) is 0 Å². The number of hydrogen-bond donors (Lipinski definition) is 3. The van der Waals surface area contributed by atoms with Crippen molar-refractivity contribution in [3.05, 3.63) is 59.4 Å². The van der Waals surface area contributed by atoms with Crippen molar-refractivity contribution in [3.8, 4) is 0 Å². The molecule has 1 amide bonds. The van der Waals surface area contributed by atoms with Gasteiger partial charge in [0.05, 0.1) is 5.69 Å². The number of amides is 1. The van der Waals surface area contributed by atoms with Gasteiger partial charge in [0.15, 0.2) is 0 Å². The molecule has 2 aromatic carbocycles. The minimum Gasteiger partial charge on any atom is -0.324 e. The van der Waals surface area contributed by atoms with Crippen LogP contribution >= 0.6 is 0 Å². The molecule has 0 radical (unpaired) electrons. The number of carbonyl (C=O) groups excluding carboxylic acids is 1. The summed E-state index contributed by atoms with van der Waals surface area (Å²) < 4.78 is 13.6. The highest BCUT2D eigenvalue weighted by Crippen LogP contribution is 2.17. The first-order chi connectivity index (χ1) is 9.10. The zero-order valence-corrected chi connectivity index (χ0v) is 10.4. The third-order valence-electron chi connectivity index (χ3n) is 2.69. The van der Waals surface area contributed by atoms with Gasteiger partial charge in [0.25, 0.3) is 5.91 Å². The number of rotatable bonds is 3. The van der Waals surface area contributed by atoms with Crippen LogP contribution in [0.25, 0.3) is 0 Å². The van der Waals surface area contributed by atoms with E-state index < -0.39 is 5.82 Å². The van der Waals surface area contributed by atoms with Crippen LogP contribution in [0.1, 0.15) is 15.9 Å². The first-order valence-corrected chi connectivity index (χ1v) is 5.74. The number of aryl methyl sites for hydroxylation is 1. The van der Waals surface area contributed by atoms with E-state index in [2.05, 4.69) is 10.7 Å². The molecule has 4 N–H and O–H groups in total. The number of benzene rings is 2. The zero-order chi connectivity index (χ0) is 13.8. The topological polar surface area (TPSA) is 67.2 Å². The Kier molecular flexibility index (Phi) is 3.77. The van der Waals surface area contributed by atoms with Gasteiger partial charge in [0.1, 0.15) is 5.82 Å². The van der Waals surface area contributed by atoms with E-state index in [0.717, 1.165) is 5.56 Å². The number of nitrogens with one attached hydrogen (secondary N) is 2. The van der Waals surface area contributed by atoms with Crippen molar-refractivity contribution in [1.29, 1.82) is 0 Å². The second-order valence-electron chi connectivity index (χ2n) is 4.16. The molecule has 0 fully saturated rings. The molecular formula is C14H14FN3O. The lowest BCUT2D eigenvalue weighted by atomic mass is 10.1. The first kappa shape index (κ1) is 13.0. The minimum absolute atomic E-state index is 0.164. The van der Waals surface area contributed by atoms with E-state index >= 15 is 0 Å². The van der Waals surface area contributed by atoms with Crippen LogP contribution < -0.4 is 16.6 Å². The maximum atomic E-state index is 13.6. The minimum atomic E-state index is -0.450. The Morgan fingerprint density at radius 3 is 2.42 bits per heavy atom. The Labute approximate surface area is 110 Å². The summed E-state index contributed by atoms with van der Waals surface area (Å²) >= 11 is 0. The van der Waals surface area contributed by atoms with Gasteiger partial charge in [-0.1, -0.05) is 6.07 Å². The SMILES string of the molecule is Cc1ccc(NC(=O)c2ccc(NN)cc2)c(F)c1. The van der Waals surface area contributed by atoms with E-state index in [1.54, 1.807) is 43.3 Å². The highest BCUT2D eigenvalue weighted by molar-refractivity contribution is 6.04. The Hall–Kier alpha value is -2.40. The molecule has 0 aliphatic rings. The lowest BCUT2D eigenvalue weighted by Crippen LogP contribution is -2.13. The van der Waals surface area contributed by atoms with Gasteiger partial charge in [-0.15, -0.1) is 0 Å². The standard InChI is InChI=1S/C14H14FN3O/c1-9-2-7-13(12(15)8-9)17-14(19)10-3-5-11(18-16)6-4-10/h2-8,18H,16H2,1H3,(H,17,19). The van der Waals surface area contributed by atoms with Crippen molar-refractivity contribution in [2.24, 2.45) is 5.84 Å². The van der Waals surface area contributed by atoms with E-state index in [9.17, 15) is 9.18 Å². The number of nitrogens with two attached hydrogens (primary N) is 1. The summed E-state index contributed by atoms with van der Waals surface area (Å²) in [5.41, 5.74) is 4.55. The van der Waals surface area contributed by atoms with Gasteiger partial charge in [-0.05, 0) is 48.9 Å². The Balaban J connectivity index is 2.15. The molecule has 98 valence electrons. The predicted octanol–water partition coefficient (Wildman–Crippen LogP) is 2.67. The second-order valence-corrected chi connectivity index (χ2v) is 4.16. The second kappa shape index (κ2) is 5.49. The van der Waals surface area contributed by atoms with Crippen LogP contribution in [0.5, 0.6) is 0 Å². The van der Waals surface area contributed by atoms with Crippen molar-refractivity contribution in [2.45, 2.75) is 6.92 Å². The molecular weight excluding hydrogens is 245 g/mol. The average molecular weight is 259 g/mol. The lowest BCUT2D eigenvalue weighted by molar-refractivity contribution is 0.102. The Bertz CT molecular complexity index is 596. The molecule has 0 heterocycles. The summed E-state index contributed by atoms with van der Waals surface area (Å²) in [6.07, 6.45) is 0. The van der Waals surface area contributed by atoms with Crippen LogP contribution in [0.4, 0.5) is 15.8 Å². The van der Waals surface area contributed by atoms with Crippen molar-refractivity contribution < 1.29 is 9.18 Å². The third-order valence-corrected chi connectivity index (χ3v) is 2.69. The van der Waals surface area contributed by atoms with Crippen LogP contribution in [-0.2, 0) is 0 Å². The van der Waals surface area contributed by atoms with E-state index in [-0.39, 0.29) is 11.6 Å². The van der Waals surface area contributed by atoms with Crippen LogP contribution in [-0.4, -0.2) is 5.91 Å². The largest absolute Gasteiger partial charge is 0.324 e. The van der Waals surface area contributed by atoms with Gasteiger partial charge < -0.3 is 10.7 Å². The van der Waals surface area contributed by atoms with E-state index in [1.807, 2.05) is 0 Å². The smallest absolute Gasteiger partial charge is 0.255 e. The fraction of sp³-hybridized carbons (Fsp3) is 0.0714. The molecule has 2 rings (SSSR count).